The second-order valence-electron chi connectivity index (χ2n) is 6.75. The molecule has 0 bridgehead atoms. The zero-order chi connectivity index (χ0) is 17.8. The lowest BCUT2D eigenvalue weighted by molar-refractivity contribution is 0.0941. The van der Waals surface area contributed by atoms with Crippen LogP contribution in [-0.4, -0.2) is 26.0 Å². The fourth-order valence-corrected chi connectivity index (χ4v) is 3.01. The van der Waals surface area contributed by atoms with E-state index in [1.54, 1.807) is 6.07 Å². The molecule has 2 aromatic heterocycles. The largest absolute Gasteiger partial charge is 0.368 e. The summed E-state index contributed by atoms with van der Waals surface area (Å²) in [7, 11) is 0. The van der Waals surface area contributed by atoms with Crippen molar-refractivity contribution in [3.63, 3.8) is 0 Å². The van der Waals surface area contributed by atoms with E-state index in [2.05, 4.69) is 25.4 Å². The highest BCUT2D eigenvalue weighted by Gasteiger charge is 2.21. The summed E-state index contributed by atoms with van der Waals surface area (Å²) in [6.45, 7) is 4.13. The van der Waals surface area contributed by atoms with Crippen molar-refractivity contribution in [2.75, 3.05) is 5.73 Å². The molecular weight excluding hydrogens is 320 g/mol. The van der Waals surface area contributed by atoms with E-state index in [-0.39, 0.29) is 30.0 Å². The van der Waals surface area contributed by atoms with Crippen LogP contribution in [0, 0.1) is 0 Å². The maximum atomic E-state index is 12.3. The number of amides is 1. The van der Waals surface area contributed by atoms with E-state index in [1.165, 1.54) is 19.3 Å². The highest BCUT2D eigenvalue weighted by molar-refractivity contribution is 5.92. The first kappa shape index (κ1) is 17.3. The van der Waals surface area contributed by atoms with Crippen LogP contribution in [0.2, 0.25) is 0 Å². The molecule has 2 aromatic rings. The molecule has 1 aliphatic rings. The van der Waals surface area contributed by atoms with Gasteiger partial charge in [0.1, 0.15) is 5.69 Å². The number of carbonyl (C=O) groups is 1. The molecule has 0 radical (unpaired) electrons. The van der Waals surface area contributed by atoms with Gasteiger partial charge in [-0.25, -0.2) is 9.97 Å². The van der Waals surface area contributed by atoms with Crippen molar-refractivity contribution in [1.29, 1.82) is 0 Å². The van der Waals surface area contributed by atoms with Crippen molar-refractivity contribution >= 4 is 11.9 Å². The van der Waals surface area contributed by atoms with E-state index in [0.717, 1.165) is 24.4 Å². The molecular formula is C17H24N6O2. The minimum atomic E-state index is -0.339. The smallest absolute Gasteiger partial charge is 0.270 e. The highest BCUT2D eigenvalue weighted by Crippen LogP contribution is 2.30. The molecule has 1 saturated carbocycles. The van der Waals surface area contributed by atoms with Gasteiger partial charge in [-0.3, -0.25) is 4.79 Å². The lowest BCUT2D eigenvalue weighted by Crippen LogP contribution is -2.25. The molecule has 8 nitrogen and oxygen atoms in total. The summed E-state index contributed by atoms with van der Waals surface area (Å²) in [5.41, 5.74) is 6.66. The third kappa shape index (κ3) is 4.32. The number of carbonyl (C=O) groups excluding carboxylic acids is 1. The van der Waals surface area contributed by atoms with Crippen molar-refractivity contribution in [2.45, 2.75) is 64.3 Å². The summed E-state index contributed by atoms with van der Waals surface area (Å²) in [5, 5.41) is 6.80. The molecule has 0 aliphatic heterocycles. The fourth-order valence-electron chi connectivity index (χ4n) is 3.01. The topological polar surface area (TPSA) is 120 Å². The van der Waals surface area contributed by atoms with Crippen molar-refractivity contribution < 1.29 is 9.32 Å². The number of hydrogen-bond acceptors (Lipinski definition) is 7. The Hall–Kier alpha value is -2.51. The highest BCUT2D eigenvalue weighted by atomic mass is 16.5. The predicted molar refractivity (Wildman–Crippen MR) is 91.8 cm³/mol. The molecule has 0 aromatic carbocycles. The van der Waals surface area contributed by atoms with Gasteiger partial charge in [0, 0.05) is 11.6 Å². The number of anilines is 1. The van der Waals surface area contributed by atoms with Gasteiger partial charge in [-0.2, -0.15) is 4.98 Å². The number of nitrogen functional groups attached to an aromatic ring is 1. The SMILES string of the molecule is CC(C)c1cc(C(=O)NCc2nc(C3CCCCC3)no2)nc(N)n1. The molecule has 134 valence electrons. The van der Waals surface area contributed by atoms with E-state index in [4.69, 9.17) is 10.3 Å². The van der Waals surface area contributed by atoms with Crippen LogP contribution in [0.1, 0.15) is 85.7 Å². The number of nitrogens with two attached hydrogens (primary N) is 1. The van der Waals surface area contributed by atoms with Gasteiger partial charge >= 0.3 is 0 Å². The quantitative estimate of drug-likeness (QED) is 0.855. The van der Waals surface area contributed by atoms with Crippen molar-refractivity contribution in [1.82, 2.24) is 25.4 Å². The monoisotopic (exact) mass is 344 g/mol. The molecule has 3 rings (SSSR count). The molecule has 0 spiro atoms. The number of nitrogens with one attached hydrogen (secondary N) is 1. The van der Waals surface area contributed by atoms with Crippen LogP contribution in [0.5, 0.6) is 0 Å². The van der Waals surface area contributed by atoms with Crippen molar-refractivity contribution in [3.05, 3.63) is 29.2 Å². The van der Waals surface area contributed by atoms with E-state index >= 15 is 0 Å². The summed E-state index contributed by atoms with van der Waals surface area (Å²) < 4.78 is 5.26. The fraction of sp³-hybridized carbons (Fsp3) is 0.588. The molecule has 1 fully saturated rings. The Morgan fingerprint density at radius 2 is 2.04 bits per heavy atom. The third-order valence-corrected chi connectivity index (χ3v) is 4.44. The van der Waals surface area contributed by atoms with Gasteiger partial charge in [-0.15, -0.1) is 0 Å². The number of hydrogen-bond donors (Lipinski definition) is 2. The lowest BCUT2D eigenvalue weighted by atomic mass is 9.89. The van der Waals surface area contributed by atoms with Crippen LogP contribution in [-0.2, 0) is 6.54 Å². The van der Waals surface area contributed by atoms with E-state index in [1.807, 2.05) is 13.8 Å². The summed E-state index contributed by atoms with van der Waals surface area (Å²) in [6.07, 6.45) is 5.89. The molecule has 1 amide bonds. The third-order valence-electron chi connectivity index (χ3n) is 4.44. The van der Waals surface area contributed by atoms with Gasteiger partial charge in [0.15, 0.2) is 5.82 Å². The van der Waals surface area contributed by atoms with Crippen molar-refractivity contribution in [2.24, 2.45) is 0 Å². The van der Waals surface area contributed by atoms with E-state index in [9.17, 15) is 4.79 Å². The van der Waals surface area contributed by atoms with Gasteiger partial charge in [-0.1, -0.05) is 38.3 Å². The van der Waals surface area contributed by atoms with Gasteiger partial charge < -0.3 is 15.6 Å². The van der Waals surface area contributed by atoms with Gasteiger partial charge in [0.25, 0.3) is 5.91 Å². The summed E-state index contributed by atoms with van der Waals surface area (Å²) in [5.74, 6) is 1.43. The maximum absolute atomic E-state index is 12.3. The van der Waals surface area contributed by atoms with Crippen LogP contribution in [0.4, 0.5) is 5.95 Å². The standard InChI is InChI=1S/C17H24N6O2/c1-10(2)12-8-13(21-17(18)20-12)16(24)19-9-14-22-15(23-25-14)11-6-4-3-5-7-11/h8,10-11H,3-7,9H2,1-2H3,(H,19,24)(H2,18,20,21). The Labute approximate surface area is 146 Å². The second kappa shape index (κ2) is 7.58. The van der Waals surface area contributed by atoms with Crippen LogP contribution in [0.3, 0.4) is 0 Å². The Morgan fingerprint density at radius 3 is 2.76 bits per heavy atom. The average Bonchev–Trinajstić information content (AvgIpc) is 3.09. The normalized spacial score (nSPS) is 15.5. The summed E-state index contributed by atoms with van der Waals surface area (Å²) >= 11 is 0. The number of rotatable bonds is 5. The zero-order valence-electron chi connectivity index (χ0n) is 14.7. The molecule has 25 heavy (non-hydrogen) atoms. The van der Waals surface area contributed by atoms with E-state index in [0.29, 0.717) is 11.8 Å². The van der Waals surface area contributed by atoms with Gasteiger partial charge in [0.05, 0.1) is 6.54 Å². The first-order chi connectivity index (χ1) is 12.0. The minimum absolute atomic E-state index is 0.0914. The van der Waals surface area contributed by atoms with Crippen LogP contribution >= 0.6 is 0 Å². The Balaban J connectivity index is 1.62. The molecule has 0 unspecified atom stereocenters. The average molecular weight is 344 g/mol. The first-order valence-electron chi connectivity index (χ1n) is 8.78. The predicted octanol–water partition coefficient (Wildman–Crippen LogP) is 2.54. The molecule has 8 heteroatoms. The maximum Gasteiger partial charge on any atom is 0.270 e. The minimum Gasteiger partial charge on any atom is -0.368 e. The molecule has 1 aliphatic carbocycles. The van der Waals surface area contributed by atoms with Crippen molar-refractivity contribution in [3.8, 4) is 0 Å². The van der Waals surface area contributed by atoms with Gasteiger partial charge in [-0.05, 0) is 24.8 Å². The summed E-state index contributed by atoms with van der Waals surface area (Å²) in [6, 6.07) is 1.65. The lowest BCUT2D eigenvalue weighted by Gasteiger charge is -2.17. The van der Waals surface area contributed by atoms with E-state index < -0.39 is 0 Å². The van der Waals surface area contributed by atoms with Gasteiger partial charge in [0.2, 0.25) is 11.8 Å². The molecule has 3 N–H and O–H groups in total. The molecule has 0 saturated heterocycles. The Morgan fingerprint density at radius 1 is 1.28 bits per heavy atom. The number of aromatic nitrogens is 4. The number of nitrogens with zero attached hydrogens (tertiary/aromatic N) is 4. The van der Waals surface area contributed by atoms with Crippen LogP contribution in [0.25, 0.3) is 0 Å². The molecule has 2 heterocycles. The Bertz CT molecular complexity index is 736. The summed E-state index contributed by atoms with van der Waals surface area (Å²) in [4.78, 5) is 24.8. The van der Waals surface area contributed by atoms with Crippen LogP contribution in [0.15, 0.2) is 10.6 Å². The zero-order valence-corrected chi connectivity index (χ0v) is 14.7. The Kier molecular flexibility index (Phi) is 5.25. The van der Waals surface area contributed by atoms with Crippen LogP contribution < -0.4 is 11.1 Å². The first-order valence-corrected chi connectivity index (χ1v) is 8.78. The molecule has 0 atom stereocenters. The second-order valence-corrected chi connectivity index (χ2v) is 6.75.